The first-order chi connectivity index (χ1) is 14.6. The Balaban J connectivity index is 1.43. The molecule has 1 aliphatic rings. The number of hydrogen-bond acceptors (Lipinski definition) is 4. The molecule has 0 saturated heterocycles. The first-order valence-electron chi connectivity index (χ1n) is 10.2. The van der Waals surface area contributed by atoms with Crippen molar-refractivity contribution in [2.24, 2.45) is 7.05 Å². The molecule has 0 bridgehead atoms. The van der Waals surface area contributed by atoms with E-state index in [0.717, 1.165) is 39.1 Å². The number of anilines is 2. The molecule has 6 heteroatoms. The Morgan fingerprint density at radius 1 is 1.13 bits per heavy atom. The number of amides is 1. The van der Waals surface area contributed by atoms with Crippen LogP contribution in [0.2, 0.25) is 0 Å². The molecule has 2 aromatic carbocycles. The van der Waals surface area contributed by atoms with Gasteiger partial charge < -0.3 is 11.1 Å². The van der Waals surface area contributed by atoms with Crippen molar-refractivity contribution in [1.82, 2.24) is 14.8 Å². The van der Waals surface area contributed by atoms with Gasteiger partial charge >= 0.3 is 0 Å². The molecule has 150 valence electrons. The molecule has 3 N–H and O–H groups in total. The summed E-state index contributed by atoms with van der Waals surface area (Å²) in [7, 11) is 1.87. The van der Waals surface area contributed by atoms with Gasteiger partial charge in [0.15, 0.2) is 11.5 Å². The number of nitrogens with two attached hydrogens (primary N) is 1. The van der Waals surface area contributed by atoms with Crippen molar-refractivity contribution in [3.63, 3.8) is 0 Å². The highest BCUT2D eigenvalue weighted by molar-refractivity contribution is 6.00. The van der Waals surface area contributed by atoms with Gasteiger partial charge in [0.2, 0.25) is 5.91 Å². The van der Waals surface area contributed by atoms with Crippen LogP contribution in [-0.2, 0) is 18.3 Å². The van der Waals surface area contributed by atoms with Gasteiger partial charge in [0, 0.05) is 24.3 Å². The molecule has 2 aromatic heterocycles. The monoisotopic (exact) mass is 397 g/mol. The lowest BCUT2D eigenvalue weighted by atomic mass is 10.0. The molecule has 0 unspecified atom stereocenters. The number of carbonyl (C=O) groups excluding carboxylic acids is 1. The predicted molar refractivity (Wildman–Crippen MR) is 119 cm³/mol. The second-order valence-corrected chi connectivity index (χ2v) is 7.86. The zero-order valence-electron chi connectivity index (χ0n) is 16.8. The van der Waals surface area contributed by atoms with Crippen molar-refractivity contribution >= 4 is 28.4 Å². The molecule has 0 radical (unpaired) electrons. The SMILES string of the molecule is Cn1nc(N)c2c(-c3ccc(NC(=O)Cc4ccccc4)cc3)cc(C3CC3)nc21. The van der Waals surface area contributed by atoms with E-state index in [-0.39, 0.29) is 5.91 Å². The van der Waals surface area contributed by atoms with Gasteiger partial charge in [-0.1, -0.05) is 42.5 Å². The fraction of sp³-hybridized carbons (Fsp3) is 0.208. The fourth-order valence-corrected chi connectivity index (χ4v) is 3.83. The summed E-state index contributed by atoms with van der Waals surface area (Å²) in [5.41, 5.74) is 11.9. The Bertz CT molecular complexity index is 1220. The van der Waals surface area contributed by atoms with Gasteiger partial charge in [-0.3, -0.25) is 4.79 Å². The van der Waals surface area contributed by atoms with E-state index < -0.39 is 0 Å². The fourth-order valence-electron chi connectivity index (χ4n) is 3.83. The van der Waals surface area contributed by atoms with Crippen molar-refractivity contribution in [1.29, 1.82) is 0 Å². The smallest absolute Gasteiger partial charge is 0.228 e. The maximum Gasteiger partial charge on any atom is 0.228 e. The Morgan fingerprint density at radius 2 is 1.87 bits per heavy atom. The Hall–Kier alpha value is -3.67. The van der Waals surface area contributed by atoms with Gasteiger partial charge in [-0.25, -0.2) is 9.67 Å². The number of rotatable bonds is 5. The van der Waals surface area contributed by atoms with E-state index in [1.807, 2.05) is 61.6 Å². The van der Waals surface area contributed by atoms with Crippen LogP contribution in [0.25, 0.3) is 22.2 Å². The van der Waals surface area contributed by atoms with Crippen LogP contribution in [0.3, 0.4) is 0 Å². The summed E-state index contributed by atoms with van der Waals surface area (Å²) in [6, 6.07) is 19.7. The molecule has 6 nitrogen and oxygen atoms in total. The maximum absolute atomic E-state index is 12.3. The zero-order chi connectivity index (χ0) is 20.7. The van der Waals surface area contributed by atoms with Crippen LogP contribution in [0.5, 0.6) is 0 Å². The van der Waals surface area contributed by atoms with Crippen LogP contribution in [0, 0.1) is 0 Å². The van der Waals surface area contributed by atoms with Crippen molar-refractivity contribution in [2.75, 3.05) is 11.1 Å². The molecular formula is C24H23N5O. The van der Waals surface area contributed by atoms with Gasteiger partial charge in [0.05, 0.1) is 11.8 Å². The van der Waals surface area contributed by atoms with Gasteiger partial charge in [0.1, 0.15) is 0 Å². The second kappa shape index (κ2) is 7.30. The van der Waals surface area contributed by atoms with Crippen LogP contribution in [-0.4, -0.2) is 20.7 Å². The molecule has 1 fully saturated rings. The maximum atomic E-state index is 12.3. The largest absolute Gasteiger partial charge is 0.382 e. The number of nitrogens with one attached hydrogen (secondary N) is 1. The van der Waals surface area contributed by atoms with E-state index in [1.165, 1.54) is 12.8 Å². The molecule has 2 heterocycles. The predicted octanol–water partition coefficient (Wildman–Crippen LogP) is 4.28. The van der Waals surface area contributed by atoms with Crippen LogP contribution >= 0.6 is 0 Å². The quantitative estimate of drug-likeness (QED) is 0.526. The number of aryl methyl sites for hydroxylation is 1. The summed E-state index contributed by atoms with van der Waals surface area (Å²) in [6.45, 7) is 0. The third-order valence-corrected chi connectivity index (χ3v) is 5.52. The lowest BCUT2D eigenvalue weighted by Crippen LogP contribution is -2.14. The standard InChI is InChI=1S/C24H23N5O/c1-29-24-22(23(25)28-29)19(14-20(27-24)17-7-8-17)16-9-11-18(12-10-16)26-21(30)13-15-5-3-2-4-6-15/h2-6,9-12,14,17H,7-8,13H2,1H3,(H2,25,28)(H,26,30). The summed E-state index contributed by atoms with van der Waals surface area (Å²) in [5, 5.41) is 8.22. The molecule has 30 heavy (non-hydrogen) atoms. The highest BCUT2D eigenvalue weighted by Gasteiger charge is 2.27. The second-order valence-electron chi connectivity index (χ2n) is 7.86. The Kier molecular flexibility index (Phi) is 4.47. The van der Waals surface area contributed by atoms with Crippen LogP contribution in [0.15, 0.2) is 60.7 Å². The summed E-state index contributed by atoms with van der Waals surface area (Å²) < 4.78 is 1.75. The van der Waals surface area contributed by atoms with E-state index >= 15 is 0 Å². The minimum atomic E-state index is -0.0345. The third-order valence-electron chi connectivity index (χ3n) is 5.52. The number of nitrogens with zero attached hydrogens (tertiary/aromatic N) is 3. The van der Waals surface area contributed by atoms with Crippen LogP contribution in [0.4, 0.5) is 11.5 Å². The minimum Gasteiger partial charge on any atom is -0.382 e. The van der Waals surface area contributed by atoms with Crippen LogP contribution in [0.1, 0.15) is 30.0 Å². The molecule has 0 atom stereocenters. The molecule has 5 rings (SSSR count). The first kappa shape index (κ1) is 18.4. The Morgan fingerprint density at radius 3 is 2.57 bits per heavy atom. The minimum absolute atomic E-state index is 0.0345. The zero-order valence-corrected chi connectivity index (χ0v) is 16.8. The number of benzene rings is 2. The molecule has 1 amide bonds. The number of pyridine rings is 1. The topological polar surface area (TPSA) is 85.8 Å². The highest BCUT2D eigenvalue weighted by atomic mass is 16.1. The van der Waals surface area contributed by atoms with E-state index in [9.17, 15) is 4.79 Å². The summed E-state index contributed by atoms with van der Waals surface area (Å²) in [6.07, 6.45) is 2.71. The number of carbonyl (C=O) groups is 1. The molecule has 0 spiro atoms. The molecule has 1 aliphatic carbocycles. The van der Waals surface area contributed by atoms with Gasteiger partial charge in [-0.05, 0) is 47.7 Å². The summed E-state index contributed by atoms with van der Waals surface area (Å²) in [4.78, 5) is 17.1. The van der Waals surface area contributed by atoms with Gasteiger partial charge in [0.25, 0.3) is 0 Å². The van der Waals surface area contributed by atoms with E-state index in [2.05, 4.69) is 16.5 Å². The van der Waals surface area contributed by atoms with E-state index in [1.54, 1.807) is 4.68 Å². The van der Waals surface area contributed by atoms with Crippen LogP contribution < -0.4 is 11.1 Å². The number of nitrogen functional groups attached to an aromatic ring is 1. The molecule has 1 saturated carbocycles. The van der Waals surface area contributed by atoms with E-state index in [4.69, 9.17) is 10.7 Å². The van der Waals surface area contributed by atoms with Gasteiger partial charge in [-0.2, -0.15) is 5.10 Å². The molecule has 0 aliphatic heterocycles. The Labute approximate surface area is 174 Å². The third kappa shape index (κ3) is 3.52. The van der Waals surface area contributed by atoms with Crippen molar-refractivity contribution < 1.29 is 4.79 Å². The number of fused-ring (bicyclic) bond motifs is 1. The first-order valence-corrected chi connectivity index (χ1v) is 10.2. The normalized spacial score (nSPS) is 13.5. The van der Waals surface area contributed by atoms with Gasteiger partial charge in [-0.15, -0.1) is 0 Å². The molecular weight excluding hydrogens is 374 g/mol. The summed E-state index contributed by atoms with van der Waals surface area (Å²) >= 11 is 0. The average Bonchev–Trinajstić information content (AvgIpc) is 3.55. The molecule has 4 aromatic rings. The highest BCUT2D eigenvalue weighted by Crippen LogP contribution is 2.42. The van der Waals surface area contributed by atoms with Crippen molar-refractivity contribution in [3.8, 4) is 11.1 Å². The van der Waals surface area contributed by atoms with E-state index in [0.29, 0.717) is 18.2 Å². The summed E-state index contributed by atoms with van der Waals surface area (Å²) in [5.74, 6) is 0.978. The van der Waals surface area contributed by atoms with Crippen molar-refractivity contribution in [3.05, 3.63) is 71.9 Å². The number of hydrogen-bond donors (Lipinski definition) is 2. The number of aromatic nitrogens is 3. The van der Waals surface area contributed by atoms with Crippen molar-refractivity contribution in [2.45, 2.75) is 25.2 Å². The average molecular weight is 397 g/mol. The lowest BCUT2D eigenvalue weighted by molar-refractivity contribution is -0.115. The lowest BCUT2D eigenvalue weighted by Gasteiger charge is -2.10.